The van der Waals surface area contributed by atoms with Crippen LogP contribution in [0.15, 0.2) is 0 Å². The fourth-order valence-electron chi connectivity index (χ4n) is 1.63. The smallest absolute Gasteiger partial charge is 0.00646 e. The molecule has 0 fully saturated rings. The van der Waals surface area contributed by atoms with Crippen molar-refractivity contribution in [2.45, 2.75) is 19.8 Å². The van der Waals surface area contributed by atoms with Crippen LogP contribution in [-0.4, -0.2) is 43.6 Å². The lowest BCUT2D eigenvalue weighted by Crippen LogP contribution is -2.37. The Balaban J connectivity index is 4.13. The molecule has 0 aliphatic rings. The normalized spacial score (nSPS) is 16.2. The Hall–Kier alpha value is 0.650. The maximum Gasteiger partial charge on any atom is 0.00646 e. The fourth-order valence-corrected chi connectivity index (χ4v) is 2.79. The number of halogens is 1. The third-order valence-electron chi connectivity index (χ3n) is 2.59. The molecule has 1 atom stereocenters. The lowest BCUT2D eigenvalue weighted by atomic mass is 9.83. The Morgan fingerprint density at radius 3 is 2.31 bits per heavy atom. The van der Waals surface area contributed by atoms with E-state index in [4.69, 9.17) is 0 Å². The highest BCUT2D eigenvalue weighted by Gasteiger charge is 2.26. The molecule has 80 valence electrons. The maximum atomic E-state index is 3.24. The molecule has 0 saturated heterocycles. The molecule has 0 aromatic heterocycles. The van der Waals surface area contributed by atoms with Gasteiger partial charge in [-0.25, -0.2) is 0 Å². The summed E-state index contributed by atoms with van der Waals surface area (Å²) < 4.78 is 1.25. The van der Waals surface area contributed by atoms with Crippen LogP contribution in [0.5, 0.6) is 0 Å². The number of nitrogens with zero attached hydrogens (tertiary/aromatic N) is 1. The van der Waals surface area contributed by atoms with E-state index >= 15 is 0 Å². The zero-order chi connectivity index (χ0) is 10.3. The van der Waals surface area contributed by atoms with Gasteiger partial charge in [-0.15, -0.1) is 0 Å². The Bertz CT molecular complexity index is 122. The molecule has 0 bridgehead atoms. The predicted octanol–water partition coefficient (Wildman–Crippen LogP) is 1.99. The molecular formula is C10H23IN2. The first-order chi connectivity index (χ1) is 6.10. The summed E-state index contributed by atoms with van der Waals surface area (Å²) in [4.78, 5) is 2.30. The lowest BCUT2D eigenvalue weighted by molar-refractivity contribution is 0.205. The summed E-state index contributed by atoms with van der Waals surface area (Å²) >= 11 is 2.52. The molecule has 0 aliphatic heterocycles. The highest BCUT2D eigenvalue weighted by atomic mass is 127. The molecule has 0 aromatic carbocycles. The van der Waals surface area contributed by atoms with E-state index in [1.165, 1.54) is 23.8 Å². The molecule has 0 aliphatic carbocycles. The Morgan fingerprint density at radius 1 is 1.38 bits per heavy atom. The molecule has 0 rings (SSSR count). The van der Waals surface area contributed by atoms with Crippen molar-refractivity contribution < 1.29 is 0 Å². The lowest BCUT2D eigenvalue weighted by Gasteiger charge is -2.33. The number of alkyl halides is 1. The van der Waals surface area contributed by atoms with Crippen LogP contribution in [0.3, 0.4) is 0 Å². The van der Waals surface area contributed by atoms with Gasteiger partial charge < -0.3 is 10.2 Å². The second-order valence-corrected chi connectivity index (χ2v) is 4.84. The van der Waals surface area contributed by atoms with Crippen molar-refractivity contribution in [2.75, 3.05) is 38.7 Å². The largest absolute Gasteiger partial charge is 0.320 e. The molecule has 0 amide bonds. The summed E-state index contributed by atoms with van der Waals surface area (Å²) in [6, 6.07) is 0. The molecule has 2 nitrogen and oxygen atoms in total. The topological polar surface area (TPSA) is 15.3 Å². The average molecular weight is 298 g/mol. The summed E-state index contributed by atoms with van der Waals surface area (Å²) in [6.07, 6.45) is 2.55. The Kier molecular flexibility index (Phi) is 7.36. The van der Waals surface area contributed by atoms with Crippen molar-refractivity contribution in [1.29, 1.82) is 0 Å². The van der Waals surface area contributed by atoms with Gasteiger partial charge in [0.1, 0.15) is 0 Å². The highest BCUT2D eigenvalue weighted by molar-refractivity contribution is 14.1. The zero-order valence-corrected chi connectivity index (χ0v) is 11.5. The van der Waals surface area contributed by atoms with Gasteiger partial charge >= 0.3 is 0 Å². The minimum atomic E-state index is 0.507. The first-order valence-corrected chi connectivity index (χ1v) is 6.48. The van der Waals surface area contributed by atoms with Crippen molar-refractivity contribution >= 4 is 22.6 Å². The van der Waals surface area contributed by atoms with Gasteiger partial charge in [0.05, 0.1) is 0 Å². The van der Waals surface area contributed by atoms with Crippen LogP contribution in [0.4, 0.5) is 0 Å². The molecule has 13 heavy (non-hydrogen) atoms. The van der Waals surface area contributed by atoms with E-state index in [0.29, 0.717) is 5.41 Å². The highest BCUT2D eigenvalue weighted by Crippen LogP contribution is 2.29. The zero-order valence-electron chi connectivity index (χ0n) is 9.36. The molecule has 0 spiro atoms. The van der Waals surface area contributed by atoms with Gasteiger partial charge in [-0.1, -0.05) is 29.5 Å². The molecule has 1 unspecified atom stereocenters. The monoisotopic (exact) mass is 298 g/mol. The van der Waals surface area contributed by atoms with Gasteiger partial charge in [0.25, 0.3) is 0 Å². The van der Waals surface area contributed by atoms with E-state index in [1.807, 2.05) is 7.05 Å². The first kappa shape index (κ1) is 13.7. The summed E-state index contributed by atoms with van der Waals surface area (Å²) in [6.45, 7) is 4.64. The minimum Gasteiger partial charge on any atom is -0.320 e. The predicted molar refractivity (Wildman–Crippen MR) is 68.7 cm³/mol. The van der Waals surface area contributed by atoms with Crippen LogP contribution in [0.2, 0.25) is 0 Å². The second-order valence-electron chi connectivity index (χ2n) is 4.08. The Morgan fingerprint density at radius 2 is 2.00 bits per heavy atom. The molecule has 1 N–H and O–H groups in total. The molecule has 3 heteroatoms. The summed E-state index contributed by atoms with van der Waals surface area (Å²) in [5.74, 6) is 0. The number of hydrogen-bond acceptors (Lipinski definition) is 2. The van der Waals surface area contributed by atoms with Crippen molar-refractivity contribution in [1.82, 2.24) is 10.2 Å². The van der Waals surface area contributed by atoms with E-state index in [1.54, 1.807) is 0 Å². The van der Waals surface area contributed by atoms with E-state index in [0.717, 1.165) is 6.54 Å². The molecule has 0 radical (unpaired) electrons. The van der Waals surface area contributed by atoms with Crippen molar-refractivity contribution in [3.63, 3.8) is 0 Å². The number of nitrogens with one attached hydrogen (secondary N) is 1. The van der Waals surface area contributed by atoms with Crippen LogP contribution in [0.25, 0.3) is 0 Å². The SMILES string of the molecule is CCC(CI)(CCNC)CN(C)C. The Labute approximate surface area is 96.6 Å². The van der Waals surface area contributed by atoms with Crippen molar-refractivity contribution in [3.8, 4) is 0 Å². The van der Waals surface area contributed by atoms with Gasteiger partial charge in [0.2, 0.25) is 0 Å². The van der Waals surface area contributed by atoms with Gasteiger partial charge in [0.15, 0.2) is 0 Å². The van der Waals surface area contributed by atoms with Gasteiger partial charge in [-0.3, -0.25) is 0 Å². The second kappa shape index (κ2) is 7.01. The van der Waals surface area contributed by atoms with E-state index in [-0.39, 0.29) is 0 Å². The summed E-state index contributed by atoms with van der Waals surface area (Å²) in [5.41, 5.74) is 0.507. The van der Waals surface area contributed by atoms with Crippen LogP contribution < -0.4 is 5.32 Å². The standard InChI is InChI=1S/C10H23IN2/c1-5-10(8-11,6-7-12-2)9-13(3)4/h12H,5-9H2,1-4H3. The van der Waals surface area contributed by atoms with E-state index in [2.05, 4.69) is 53.8 Å². The molecular weight excluding hydrogens is 275 g/mol. The van der Waals surface area contributed by atoms with Gasteiger partial charge in [-0.2, -0.15) is 0 Å². The molecule has 0 saturated carbocycles. The van der Waals surface area contributed by atoms with E-state index in [9.17, 15) is 0 Å². The first-order valence-electron chi connectivity index (χ1n) is 4.95. The van der Waals surface area contributed by atoms with Crippen molar-refractivity contribution in [2.24, 2.45) is 5.41 Å². The van der Waals surface area contributed by atoms with Gasteiger partial charge in [-0.05, 0) is 45.9 Å². The fraction of sp³-hybridized carbons (Fsp3) is 1.00. The number of rotatable bonds is 7. The van der Waals surface area contributed by atoms with Gasteiger partial charge in [0, 0.05) is 11.0 Å². The third kappa shape index (κ3) is 5.18. The summed E-state index contributed by atoms with van der Waals surface area (Å²) in [5, 5.41) is 3.24. The molecule has 0 aromatic rings. The molecule has 0 heterocycles. The quantitative estimate of drug-likeness (QED) is 0.571. The average Bonchev–Trinajstić information content (AvgIpc) is 2.12. The van der Waals surface area contributed by atoms with Crippen LogP contribution >= 0.6 is 22.6 Å². The van der Waals surface area contributed by atoms with E-state index < -0.39 is 0 Å². The maximum absolute atomic E-state index is 3.24. The van der Waals surface area contributed by atoms with Crippen LogP contribution in [-0.2, 0) is 0 Å². The van der Waals surface area contributed by atoms with Crippen LogP contribution in [0.1, 0.15) is 19.8 Å². The third-order valence-corrected chi connectivity index (χ3v) is 4.21. The summed E-state index contributed by atoms with van der Waals surface area (Å²) in [7, 11) is 6.36. The van der Waals surface area contributed by atoms with Crippen LogP contribution in [0, 0.1) is 5.41 Å². The number of hydrogen-bond donors (Lipinski definition) is 1. The minimum absolute atomic E-state index is 0.507. The van der Waals surface area contributed by atoms with Crippen molar-refractivity contribution in [3.05, 3.63) is 0 Å².